The quantitative estimate of drug-likeness (QED) is 0.861. The first-order valence-electron chi connectivity index (χ1n) is 4.74. The first kappa shape index (κ1) is 14.5. The SMILES string of the molecule is CC.CCn1cc(C(=O)O)c(C(F)(F)F)n1. The molecule has 1 N–H and O–H groups in total. The zero-order valence-electron chi connectivity index (χ0n) is 9.17. The van der Waals surface area contributed by atoms with Crippen LogP contribution in [0.4, 0.5) is 13.2 Å². The molecule has 0 unspecified atom stereocenters. The highest BCUT2D eigenvalue weighted by atomic mass is 19.4. The number of aromatic carboxylic acids is 1. The van der Waals surface area contributed by atoms with Crippen molar-refractivity contribution in [2.24, 2.45) is 0 Å². The van der Waals surface area contributed by atoms with Gasteiger partial charge >= 0.3 is 12.1 Å². The van der Waals surface area contributed by atoms with Gasteiger partial charge in [0.15, 0.2) is 5.69 Å². The molecule has 7 heteroatoms. The molecule has 0 fully saturated rings. The first-order chi connectivity index (χ1) is 7.36. The molecule has 0 saturated carbocycles. The minimum absolute atomic E-state index is 0.191. The number of rotatable bonds is 2. The zero-order chi connectivity index (χ0) is 12.9. The molecule has 0 saturated heterocycles. The van der Waals surface area contributed by atoms with Crippen molar-refractivity contribution in [3.8, 4) is 0 Å². The van der Waals surface area contributed by atoms with E-state index in [4.69, 9.17) is 5.11 Å². The van der Waals surface area contributed by atoms with Crippen molar-refractivity contribution in [1.29, 1.82) is 0 Å². The lowest BCUT2D eigenvalue weighted by Gasteiger charge is -2.02. The Morgan fingerprint density at radius 3 is 2.25 bits per heavy atom. The van der Waals surface area contributed by atoms with Crippen LogP contribution in [0.1, 0.15) is 36.8 Å². The van der Waals surface area contributed by atoms with Crippen LogP contribution in [-0.2, 0) is 12.7 Å². The average Bonchev–Trinajstić information content (AvgIpc) is 2.64. The van der Waals surface area contributed by atoms with Gasteiger partial charge in [-0.15, -0.1) is 0 Å². The summed E-state index contributed by atoms with van der Waals surface area (Å²) in [6.07, 6.45) is -3.86. The molecule has 4 nitrogen and oxygen atoms in total. The number of aromatic nitrogens is 2. The van der Waals surface area contributed by atoms with Crippen LogP contribution >= 0.6 is 0 Å². The summed E-state index contributed by atoms with van der Waals surface area (Å²) < 4.78 is 37.6. The van der Waals surface area contributed by atoms with Crippen molar-refractivity contribution in [1.82, 2.24) is 9.78 Å². The third kappa shape index (κ3) is 3.25. The second kappa shape index (κ2) is 5.53. The monoisotopic (exact) mass is 238 g/mol. The number of hydrogen-bond donors (Lipinski definition) is 1. The lowest BCUT2D eigenvalue weighted by atomic mass is 10.2. The molecule has 92 valence electrons. The van der Waals surface area contributed by atoms with Gasteiger partial charge in [0.2, 0.25) is 0 Å². The second-order valence-electron chi connectivity index (χ2n) is 2.55. The van der Waals surface area contributed by atoms with Crippen molar-refractivity contribution in [2.75, 3.05) is 0 Å². The molecule has 0 aliphatic heterocycles. The Bertz CT molecular complexity index is 358. The fraction of sp³-hybridized carbons (Fsp3) is 0.556. The highest BCUT2D eigenvalue weighted by Crippen LogP contribution is 2.30. The second-order valence-corrected chi connectivity index (χ2v) is 2.55. The summed E-state index contributed by atoms with van der Waals surface area (Å²) in [6.45, 7) is 5.76. The van der Waals surface area contributed by atoms with Crippen molar-refractivity contribution in [3.05, 3.63) is 17.5 Å². The molecule has 1 heterocycles. The van der Waals surface area contributed by atoms with Gasteiger partial charge in [-0.2, -0.15) is 18.3 Å². The third-order valence-corrected chi connectivity index (χ3v) is 1.58. The Kier molecular flexibility index (Phi) is 5.00. The van der Waals surface area contributed by atoms with Crippen molar-refractivity contribution in [2.45, 2.75) is 33.5 Å². The fourth-order valence-corrected chi connectivity index (χ4v) is 0.949. The van der Waals surface area contributed by atoms with Crippen LogP contribution in [0.5, 0.6) is 0 Å². The molecule has 0 aliphatic carbocycles. The number of carboxylic acid groups (broad SMARTS) is 1. The number of halogens is 3. The van der Waals surface area contributed by atoms with Gasteiger partial charge in [-0.1, -0.05) is 13.8 Å². The summed E-state index contributed by atoms with van der Waals surface area (Å²) in [7, 11) is 0. The number of nitrogens with zero attached hydrogens (tertiary/aromatic N) is 2. The Balaban J connectivity index is 0.00000106. The molecule has 0 amide bonds. The van der Waals surface area contributed by atoms with Gasteiger partial charge in [-0.3, -0.25) is 4.68 Å². The number of carbonyl (C=O) groups is 1. The van der Waals surface area contributed by atoms with Gasteiger partial charge in [0, 0.05) is 12.7 Å². The number of carboxylic acids is 1. The van der Waals surface area contributed by atoms with E-state index in [9.17, 15) is 18.0 Å². The third-order valence-electron chi connectivity index (χ3n) is 1.58. The predicted molar refractivity (Wildman–Crippen MR) is 51.2 cm³/mol. The van der Waals surface area contributed by atoms with Crippen LogP contribution < -0.4 is 0 Å². The smallest absolute Gasteiger partial charge is 0.436 e. The van der Waals surface area contributed by atoms with Gasteiger partial charge in [0.1, 0.15) is 5.56 Å². The molecule has 0 spiro atoms. The molecule has 0 bridgehead atoms. The molecular formula is C9H13F3N2O2. The minimum atomic E-state index is -4.73. The summed E-state index contributed by atoms with van der Waals surface area (Å²) in [5, 5.41) is 11.6. The molecule has 16 heavy (non-hydrogen) atoms. The zero-order valence-corrected chi connectivity index (χ0v) is 9.17. The Labute approximate surface area is 90.7 Å². The maximum atomic E-state index is 12.2. The number of aryl methyl sites for hydroxylation is 1. The lowest BCUT2D eigenvalue weighted by molar-refractivity contribution is -0.142. The predicted octanol–water partition coefficient (Wildman–Crippen LogP) is 2.65. The molecule has 0 atom stereocenters. The van der Waals surface area contributed by atoms with Crippen LogP contribution in [0.25, 0.3) is 0 Å². The molecule has 0 aliphatic rings. The molecule has 1 aromatic rings. The number of hydrogen-bond acceptors (Lipinski definition) is 2. The van der Waals surface area contributed by atoms with Gasteiger partial charge in [-0.25, -0.2) is 4.79 Å². The van der Waals surface area contributed by atoms with Gasteiger partial charge in [0.25, 0.3) is 0 Å². The van der Waals surface area contributed by atoms with Crippen LogP contribution in [0.2, 0.25) is 0 Å². The summed E-state index contributed by atoms with van der Waals surface area (Å²) >= 11 is 0. The van der Waals surface area contributed by atoms with Crippen LogP contribution in [0.3, 0.4) is 0 Å². The van der Waals surface area contributed by atoms with E-state index in [0.29, 0.717) is 0 Å². The van der Waals surface area contributed by atoms with Crippen molar-refractivity contribution >= 4 is 5.97 Å². The standard InChI is InChI=1S/C7H7F3N2O2.C2H6/c1-2-12-3-4(6(13)14)5(11-12)7(8,9)10;1-2/h3H,2H2,1H3,(H,13,14);1-2H3. The lowest BCUT2D eigenvalue weighted by Crippen LogP contribution is -2.12. The van der Waals surface area contributed by atoms with E-state index in [2.05, 4.69) is 5.10 Å². The normalized spacial score (nSPS) is 10.6. The molecular weight excluding hydrogens is 225 g/mol. The highest BCUT2D eigenvalue weighted by Gasteiger charge is 2.39. The summed E-state index contributed by atoms with van der Waals surface area (Å²) in [5.41, 5.74) is -2.17. The van der Waals surface area contributed by atoms with Crippen LogP contribution in [0, 0.1) is 0 Å². The maximum absolute atomic E-state index is 12.2. The van der Waals surface area contributed by atoms with E-state index >= 15 is 0 Å². The Morgan fingerprint density at radius 1 is 1.50 bits per heavy atom. The molecule has 1 aromatic heterocycles. The first-order valence-corrected chi connectivity index (χ1v) is 4.74. The van der Waals surface area contributed by atoms with E-state index < -0.39 is 23.4 Å². The summed E-state index contributed by atoms with van der Waals surface area (Å²) in [4.78, 5) is 10.4. The van der Waals surface area contributed by atoms with Crippen molar-refractivity contribution < 1.29 is 23.1 Å². The van der Waals surface area contributed by atoms with E-state index in [1.165, 1.54) is 0 Å². The van der Waals surface area contributed by atoms with Crippen molar-refractivity contribution in [3.63, 3.8) is 0 Å². The van der Waals surface area contributed by atoms with Gasteiger partial charge in [0.05, 0.1) is 0 Å². The highest BCUT2D eigenvalue weighted by molar-refractivity contribution is 5.88. The van der Waals surface area contributed by atoms with Gasteiger partial charge in [-0.05, 0) is 6.92 Å². The Morgan fingerprint density at radius 2 is 2.00 bits per heavy atom. The van der Waals surface area contributed by atoms with Crippen LogP contribution in [0.15, 0.2) is 6.20 Å². The maximum Gasteiger partial charge on any atom is 0.436 e. The average molecular weight is 238 g/mol. The topological polar surface area (TPSA) is 55.1 Å². The fourth-order valence-electron chi connectivity index (χ4n) is 0.949. The minimum Gasteiger partial charge on any atom is -0.478 e. The van der Waals surface area contributed by atoms with Gasteiger partial charge < -0.3 is 5.11 Å². The van der Waals surface area contributed by atoms with E-state index in [1.54, 1.807) is 6.92 Å². The van der Waals surface area contributed by atoms with E-state index in [1.807, 2.05) is 13.8 Å². The molecule has 0 radical (unpaired) electrons. The van der Waals surface area contributed by atoms with E-state index in [0.717, 1.165) is 10.9 Å². The largest absolute Gasteiger partial charge is 0.478 e. The summed E-state index contributed by atoms with van der Waals surface area (Å²) in [5.74, 6) is -1.63. The Hall–Kier alpha value is -1.53. The summed E-state index contributed by atoms with van der Waals surface area (Å²) in [6, 6.07) is 0. The van der Waals surface area contributed by atoms with Crippen LogP contribution in [-0.4, -0.2) is 20.9 Å². The molecule has 1 rings (SSSR count). The van der Waals surface area contributed by atoms with E-state index in [-0.39, 0.29) is 6.54 Å². The molecule has 0 aromatic carbocycles. The number of alkyl halides is 3.